The van der Waals surface area contributed by atoms with Gasteiger partial charge in [-0.25, -0.2) is 4.68 Å². The van der Waals surface area contributed by atoms with Crippen LogP contribution >= 0.6 is 0 Å². The Bertz CT molecular complexity index is 1180. The Balaban J connectivity index is 1.65. The third-order valence-corrected chi connectivity index (χ3v) is 5.02. The van der Waals surface area contributed by atoms with Gasteiger partial charge in [-0.2, -0.15) is 5.10 Å². The number of benzene rings is 2. The van der Waals surface area contributed by atoms with Gasteiger partial charge in [0.1, 0.15) is 6.54 Å². The van der Waals surface area contributed by atoms with Gasteiger partial charge in [0, 0.05) is 18.2 Å². The number of ether oxygens (including phenoxy) is 4. The lowest BCUT2D eigenvalue weighted by Crippen LogP contribution is -2.34. The highest BCUT2D eigenvalue weighted by atomic mass is 16.5. The number of carbonyl (C=O) groups is 1. The molecular weight excluding hydrogens is 426 g/mol. The number of hydrogen-bond acceptors (Lipinski definition) is 7. The lowest BCUT2D eigenvalue weighted by Gasteiger charge is -2.11. The summed E-state index contributed by atoms with van der Waals surface area (Å²) < 4.78 is 22.2. The van der Waals surface area contributed by atoms with Crippen LogP contribution in [0.4, 0.5) is 0 Å². The summed E-state index contributed by atoms with van der Waals surface area (Å²) in [5.74, 6) is 2.09. The molecular formula is C24H27N3O6. The molecule has 33 heavy (non-hydrogen) atoms. The first kappa shape index (κ1) is 23.6. The maximum atomic E-state index is 12.4. The summed E-state index contributed by atoms with van der Waals surface area (Å²) in [5.41, 5.74) is 1.89. The van der Waals surface area contributed by atoms with Gasteiger partial charge in [0.15, 0.2) is 23.0 Å². The van der Waals surface area contributed by atoms with E-state index in [2.05, 4.69) is 10.4 Å². The van der Waals surface area contributed by atoms with Gasteiger partial charge in [0.25, 0.3) is 5.56 Å². The minimum absolute atomic E-state index is 0.189. The minimum Gasteiger partial charge on any atom is -0.493 e. The highest BCUT2D eigenvalue weighted by Crippen LogP contribution is 2.31. The Morgan fingerprint density at radius 2 is 1.48 bits per heavy atom. The van der Waals surface area contributed by atoms with Crippen LogP contribution in [0.1, 0.15) is 5.56 Å². The molecule has 0 saturated carbocycles. The van der Waals surface area contributed by atoms with Crippen molar-refractivity contribution < 1.29 is 23.7 Å². The molecule has 1 N–H and O–H groups in total. The van der Waals surface area contributed by atoms with Crippen LogP contribution in [0.3, 0.4) is 0 Å². The molecule has 0 aliphatic rings. The first-order valence-corrected chi connectivity index (χ1v) is 10.3. The number of carbonyl (C=O) groups excluding carboxylic acids is 1. The zero-order chi connectivity index (χ0) is 23.8. The first-order chi connectivity index (χ1) is 16.0. The summed E-state index contributed by atoms with van der Waals surface area (Å²) in [6, 6.07) is 13.9. The van der Waals surface area contributed by atoms with Gasteiger partial charge in [-0.3, -0.25) is 9.59 Å². The number of rotatable bonds is 10. The Labute approximate surface area is 191 Å². The van der Waals surface area contributed by atoms with E-state index in [1.165, 1.54) is 6.07 Å². The smallest absolute Gasteiger partial charge is 0.267 e. The monoisotopic (exact) mass is 453 g/mol. The Hall–Kier alpha value is -4.01. The van der Waals surface area contributed by atoms with Crippen molar-refractivity contribution in [3.05, 3.63) is 64.4 Å². The molecule has 174 valence electrons. The van der Waals surface area contributed by atoms with E-state index in [9.17, 15) is 9.59 Å². The molecule has 9 heteroatoms. The maximum absolute atomic E-state index is 12.4. The van der Waals surface area contributed by atoms with E-state index < -0.39 is 0 Å². The van der Waals surface area contributed by atoms with Gasteiger partial charge in [-0.15, -0.1) is 0 Å². The van der Waals surface area contributed by atoms with Crippen molar-refractivity contribution in [1.82, 2.24) is 15.1 Å². The summed E-state index contributed by atoms with van der Waals surface area (Å²) in [6.07, 6.45) is 0.597. The van der Waals surface area contributed by atoms with Crippen molar-refractivity contribution in [2.75, 3.05) is 35.0 Å². The fourth-order valence-electron chi connectivity index (χ4n) is 3.29. The molecule has 1 heterocycles. The third kappa shape index (κ3) is 5.82. The van der Waals surface area contributed by atoms with Crippen LogP contribution < -0.4 is 29.8 Å². The van der Waals surface area contributed by atoms with Gasteiger partial charge in [0.2, 0.25) is 5.91 Å². The van der Waals surface area contributed by atoms with Crippen LogP contribution in [0, 0.1) is 0 Å². The van der Waals surface area contributed by atoms with E-state index in [-0.39, 0.29) is 18.0 Å². The van der Waals surface area contributed by atoms with E-state index in [4.69, 9.17) is 18.9 Å². The van der Waals surface area contributed by atoms with Crippen molar-refractivity contribution in [2.45, 2.75) is 13.0 Å². The van der Waals surface area contributed by atoms with Crippen molar-refractivity contribution in [1.29, 1.82) is 0 Å². The van der Waals surface area contributed by atoms with E-state index >= 15 is 0 Å². The number of hydrogen-bond donors (Lipinski definition) is 1. The second-order valence-electron chi connectivity index (χ2n) is 7.07. The predicted octanol–water partition coefficient (Wildman–Crippen LogP) is 2.30. The number of nitrogens with one attached hydrogen (secondary N) is 1. The topological polar surface area (TPSA) is 101 Å². The Kier molecular flexibility index (Phi) is 7.91. The van der Waals surface area contributed by atoms with Crippen LogP contribution in [-0.4, -0.2) is 50.7 Å². The lowest BCUT2D eigenvalue weighted by atomic mass is 10.1. The number of nitrogens with zero attached hydrogens (tertiary/aromatic N) is 2. The van der Waals surface area contributed by atoms with Crippen molar-refractivity contribution >= 4 is 5.91 Å². The number of methoxy groups -OCH3 is 4. The van der Waals surface area contributed by atoms with Crippen LogP contribution in [0.15, 0.2) is 53.3 Å². The Morgan fingerprint density at radius 3 is 2.15 bits per heavy atom. The van der Waals surface area contributed by atoms with E-state index in [1.54, 1.807) is 46.6 Å². The average Bonchev–Trinajstić information content (AvgIpc) is 2.84. The zero-order valence-electron chi connectivity index (χ0n) is 19.1. The maximum Gasteiger partial charge on any atom is 0.267 e. The molecule has 0 spiro atoms. The largest absolute Gasteiger partial charge is 0.493 e. The molecule has 0 aliphatic heterocycles. The molecule has 0 unspecified atom stereocenters. The van der Waals surface area contributed by atoms with Crippen molar-refractivity contribution in [2.24, 2.45) is 0 Å². The predicted molar refractivity (Wildman–Crippen MR) is 123 cm³/mol. The third-order valence-electron chi connectivity index (χ3n) is 5.02. The fraction of sp³-hybridized carbons (Fsp3) is 0.292. The zero-order valence-corrected chi connectivity index (χ0v) is 19.1. The van der Waals surface area contributed by atoms with Gasteiger partial charge in [-0.05, 0) is 48.4 Å². The Morgan fingerprint density at radius 1 is 0.848 bits per heavy atom. The second-order valence-corrected chi connectivity index (χ2v) is 7.07. The number of amides is 1. The summed E-state index contributed by atoms with van der Waals surface area (Å²) in [6.45, 7) is 0.213. The van der Waals surface area contributed by atoms with E-state index in [1.807, 2.05) is 24.3 Å². The van der Waals surface area contributed by atoms with Crippen molar-refractivity contribution in [3.8, 4) is 34.3 Å². The molecule has 0 fully saturated rings. The van der Waals surface area contributed by atoms with Gasteiger partial charge in [0.05, 0.1) is 34.1 Å². The van der Waals surface area contributed by atoms with Crippen molar-refractivity contribution in [3.63, 3.8) is 0 Å². The normalized spacial score (nSPS) is 10.4. The summed E-state index contributed by atoms with van der Waals surface area (Å²) in [7, 11) is 6.25. The van der Waals surface area contributed by atoms with Crippen LogP contribution in [0.2, 0.25) is 0 Å². The molecule has 0 aliphatic carbocycles. The molecule has 1 amide bonds. The van der Waals surface area contributed by atoms with E-state index in [0.29, 0.717) is 41.7 Å². The molecule has 0 radical (unpaired) electrons. The van der Waals surface area contributed by atoms with Gasteiger partial charge >= 0.3 is 0 Å². The lowest BCUT2D eigenvalue weighted by molar-refractivity contribution is -0.121. The minimum atomic E-state index is -0.366. The molecule has 3 rings (SSSR count). The van der Waals surface area contributed by atoms with E-state index in [0.717, 1.165) is 15.8 Å². The molecule has 2 aromatic carbocycles. The first-order valence-electron chi connectivity index (χ1n) is 10.3. The molecule has 9 nitrogen and oxygen atoms in total. The standard InChI is InChI=1S/C24H27N3O6/c1-30-19-8-5-16(13-21(19)32-3)11-12-25-23(28)15-27-24(29)10-7-18(26-27)17-6-9-20(31-2)22(14-17)33-4/h5-10,13-14H,11-12,15H2,1-4H3,(H,25,28). The van der Waals surface area contributed by atoms with Gasteiger partial charge < -0.3 is 24.3 Å². The molecule has 0 saturated heterocycles. The molecule has 3 aromatic rings. The summed E-state index contributed by atoms with van der Waals surface area (Å²) in [4.78, 5) is 24.7. The number of aromatic nitrogens is 2. The molecule has 0 atom stereocenters. The van der Waals surface area contributed by atoms with Crippen LogP contribution in [-0.2, 0) is 17.8 Å². The summed E-state index contributed by atoms with van der Waals surface area (Å²) in [5, 5.41) is 7.16. The van der Waals surface area contributed by atoms with Gasteiger partial charge in [-0.1, -0.05) is 6.07 Å². The highest BCUT2D eigenvalue weighted by Gasteiger charge is 2.11. The molecule has 0 bridgehead atoms. The summed E-state index contributed by atoms with van der Waals surface area (Å²) >= 11 is 0. The molecule has 1 aromatic heterocycles. The second kappa shape index (κ2) is 11.0. The van der Waals surface area contributed by atoms with Crippen LogP contribution in [0.5, 0.6) is 23.0 Å². The SMILES string of the molecule is COc1ccc(CCNC(=O)Cn2nc(-c3ccc(OC)c(OC)c3)ccc2=O)cc1OC. The average molecular weight is 453 g/mol. The fourth-order valence-corrected chi connectivity index (χ4v) is 3.29. The van der Waals surface area contributed by atoms with Crippen LogP contribution in [0.25, 0.3) is 11.3 Å². The highest BCUT2D eigenvalue weighted by molar-refractivity contribution is 5.75. The quantitative estimate of drug-likeness (QED) is 0.503.